The molecule has 0 amide bonds. The molecule has 33 heavy (non-hydrogen) atoms. The van der Waals surface area contributed by atoms with Gasteiger partial charge in [0.2, 0.25) is 0 Å². The monoisotopic (exact) mass is 501 g/mol. The topological polar surface area (TPSA) is 93.4 Å². The molecule has 1 aromatic heterocycles. The Morgan fingerprint density at radius 3 is 2.00 bits per heavy atom. The Hall–Kier alpha value is -1.50. The molecule has 6 nitrogen and oxygen atoms in total. The summed E-state index contributed by atoms with van der Waals surface area (Å²) in [5.74, 6) is 0.894. The van der Waals surface area contributed by atoms with Gasteiger partial charge >= 0.3 is 18.9 Å². The summed E-state index contributed by atoms with van der Waals surface area (Å²) in [7, 11) is -5.17. The van der Waals surface area contributed by atoms with Crippen molar-refractivity contribution in [2.75, 3.05) is 6.26 Å². The number of hydrogen-bond acceptors (Lipinski definition) is 6. The average molecular weight is 502 g/mol. The van der Waals surface area contributed by atoms with Gasteiger partial charge in [0.05, 0.1) is 17.2 Å². The molecular weight excluding hydrogens is 477 g/mol. The molecule has 0 aliphatic rings. The minimum atomic E-state index is -5.17. The molecule has 2 aromatic carbocycles. The number of nitrogens with zero attached hydrogens (tertiary/aromatic N) is 1. The first-order chi connectivity index (χ1) is 15.0. The predicted octanol–water partition coefficient (Wildman–Crippen LogP) is 2.16. The van der Waals surface area contributed by atoms with Crippen molar-refractivity contribution in [3.63, 3.8) is 0 Å². The van der Waals surface area contributed by atoms with E-state index in [9.17, 15) is 0 Å². The second-order valence-corrected chi connectivity index (χ2v) is 9.13. The van der Waals surface area contributed by atoms with E-state index in [1.54, 1.807) is 11.8 Å². The van der Waals surface area contributed by atoms with Crippen molar-refractivity contribution < 1.29 is 45.7 Å². The van der Waals surface area contributed by atoms with E-state index in [1.807, 2.05) is 38.1 Å². The molecule has 0 saturated heterocycles. The Balaban J connectivity index is 0.000000821. The van der Waals surface area contributed by atoms with Crippen LogP contribution in [0.4, 0.5) is 0 Å². The number of ether oxygens (including phenoxy) is 1. The van der Waals surface area contributed by atoms with Crippen molar-refractivity contribution >= 4 is 33.8 Å². The number of aryl methyl sites for hydroxylation is 1. The van der Waals surface area contributed by atoms with Crippen LogP contribution in [-0.4, -0.2) is 29.9 Å². The van der Waals surface area contributed by atoms with Crippen molar-refractivity contribution in [1.29, 1.82) is 0 Å². The van der Waals surface area contributed by atoms with E-state index in [0.29, 0.717) is 0 Å². The number of benzene rings is 2. The third kappa shape index (κ3) is 9.71. The number of halogens is 1. The maximum Gasteiger partial charge on any atom is 1.00 e. The van der Waals surface area contributed by atoms with E-state index < -0.39 is 10.4 Å². The number of pyridine rings is 1. The molecule has 0 atom stereocenters. The summed E-state index contributed by atoms with van der Waals surface area (Å²) >= 11 is 8.02. The Kier molecular flexibility index (Phi) is 12.0. The number of aromatic nitrogens is 1. The number of hydrogen-bond donors (Lipinski definition) is 0. The molecule has 3 rings (SSSR count). The Morgan fingerprint density at radius 2 is 1.55 bits per heavy atom. The summed E-state index contributed by atoms with van der Waals surface area (Å²) < 4.78 is 42.2. The maximum absolute atomic E-state index is 8.52. The first-order valence-electron chi connectivity index (χ1n) is 9.82. The Bertz CT molecular complexity index is 1170. The molecule has 0 aliphatic heterocycles. The van der Waals surface area contributed by atoms with Crippen molar-refractivity contribution in [2.45, 2.75) is 38.3 Å². The van der Waals surface area contributed by atoms with Crippen LogP contribution in [0, 0.1) is 0 Å². The first kappa shape index (κ1) is 29.5. The van der Waals surface area contributed by atoms with Crippen LogP contribution in [0.1, 0.15) is 20.8 Å². The summed E-state index contributed by atoms with van der Waals surface area (Å²) in [6.07, 6.45) is 6.69. The van der Waals surface area contributed by atoms with E-state index in [1.165, 1.54) is 16.0 Å². The smallest absolute Gasteiger partial charge is 0.759 e. The van der Waals surface area contributed by atoms with Gasteiger partial charge < -0.3 is 13.8 Å². The molecule has 0 saturated carbocycles. The Morgan fingerprint density at radius 1 is 1.03 bits per heavy atom. The maximum atomic E-state index is 8.52. The molecule has 0 aliphatic carbocycles. The van der Waals surface area contributed by atoms with Gasteiger partial charge in [0.1, 0.15) is 12.3 Å². The van der Waals surface area contributed by atoms with E-state index in [2.05, 4.69) is 54.4 Å². The molecule has 0 fully saturated rings. The third-order valence-corrected chi connectivity index (χ3v) is 5.38. The van der Waals surface area contributed by atoms with Crippen LogP contribution in [-0.2, 0) is 16.9 Å². The fraction of sp³-hybridized carbons (Fsp3) is 0.261. The summed E-state index contributed by atoms with van der Waals surface area (Å²) in [5.41, 5.74) is 4.68. The van der Waals surface area contributed by atoms with Gasteiger partial charge in [-0.15, -0.1) is 11.8 Å². The largest absolute Gasteiger partial charge is 1.00 e. The van der Waals surface area contributed by atoms with Gasteiger partial charge in [-0.05, 0) is 62.4 Å². The van der Waals surface area contributed by atoms with Crippen LogP contribution in [0.25, 0.3) is 22.3 Å². The summed E-state index contributed by atoms with van der Waals surface area (Å²) in [6.45, 7) is 7.15. The van der Waals surface area contributed by atoms with Crippen molar-refractivity contribution in [3.8, 4) is 28.0 Å². The molecule has 0 bridgehead atoms. The SMILES string of the molecule is CC[n+]1cc(-c2cccc(Cl)c2)c(SC)c(-c2cccc(OC(C)C)c2)c1.O=S(=O)([O-])[O-].[Li+]. The first-order valence-corrected chi connectivity index (χ1v) is 12.8. The molecule has 0 radical (unpaired) electrons. The third-order valence-electron chi connectivity index (χ3n) is 4.30. The van der Waals surface area contributed by atoms with Gasteiger partial charge in [-0.2, -0.15) is 0 Å². The van der Waals surface area contributed by atoms with Crippen molar-refractivity contribution in [2.24, 2.45) is 0 Å². The van der Waals surface area contributed by atoms with Crippen LogP contribution in [0.5, 0.6) is 5.75 Å². The zero-order valence-corrected chi connectivity index (χ0v) is 21.6. The van der Waals surface area contributed by atoms with Crippen LogP contribution in [0.15, 0.2) is 65.8 Å². The van der Waals surface area contributed by atoms with Gasteiger partial charge in [0.15, 0.2) is 12.4 Å². The van der Waals surface area contributed by atoms with E-state index in [-0.39, 0.29) is 25.0 Å². The van der Waals surface area contributed by atoms with E-state index in [4.69, 9.17) is 33.9 Å². The molecule has 10 heteroatoms. The number of thioether (sulfide) groups is 1. The van der Waals surface area contributed by atoms with Gasteiger partial charge in [-0.25, -0.2) is 4.57 Å². The summed E-state index contributed by atoms with van der Waals surface area (Å²) in [6, 6.07) is 16.4. The predicted molar refractivity (Wildman–Crippen MR) is 126 cm³/mol. The average Bonchev–Trinajstić information content (AvgIpc) is 2.71. The zero-order valence-electron chi connectivity index (χ0n) is 19.2. The number of rotatable bonds is 6. The Labute approximate surface area is 217 Å². The van der Waals surface area contributed by atoms with Crippen molar-refractivity contribution in [3.05, 3.63) is 65.9 Å². The van der Waals surface area contributed by atoms with Crippen LogP contribution < -0.4 is 28.2 Å². The van der Waals surface area contributed by atoms with Crippen molar-refractivity contribution in [1.82, 2.24) is 0 Å². The minimum Gasteiger partial charge on any atom is -0.759 e. The van der Waals surface area contributed by atoms with Gasteiger partial charge in [-0.3, -0.25) is 8.42 Å². The molecule has 1 heterocycles. The molecule has 0 N–H and O–H groups in total. The normalized spacial score (nSPS) is 10.8. The van der Waals surface area contributed by atoms with Crippen LogP contribution in [0.3, 0.4) is 0 Å². The van der Waals surface area contributed by atoms with Crippen LogP contribution in [0.2, 0.25) is 5.02 Å². The molecule has 172 valence electrons. The second kappa shape index (κ2) is 13.4. The standard InChI is InChI=1S/C23H25ClNOS.Li.H2O4S/c1-5-25-14-21(17-8-6-10-19(24)12-17)23(27-4)22(15-25)18-9-7-11-20(13-18)26-16(2)3;;1-5(2,3)4/h6-16H,5H2,1-4H3;;(H2,1,2,3,4)/q2*+1;/p-2. The van der Waals surface area contributed by atoms with Gasteiger partial charge in [-0.1, -0.05) is 35.9 Å². The quantitative estimate of drug-likeness (QED) is 0.169. The second-order valence-electron chi connectivity index (χ2n) is 7.06. The van der Waals surface area contributed by atoms with Gasteiger partial charge in [0, 0.05) is 20.3 Å². The van der Waals surface area contributed by atoms with E-state index in [0.717, 1.165) is 28.4 Å². The zero-order chi connectivity index (χ0) is 23.9. The molecule has 3 aromatic rings. The fourth-order valence-electron chi connectivity index (χ4n) is 3.11. The minimum absolute atomic E-state index is 0. The molecule has 0 unspecified atom stereocenters. The van der Waals surface area contributed by atoms with E-state index >= 15 is 0 Å². The summed E-state index contributed by atoms with van der Waals surface area (Å²) in [4.78, 5) is 1.24. The fourth-order valence-corrected chi connectivity index (χ4v) is 4.08. The molecular formula is C23H25ClLiNO5S2. The summed E-state index contributed by atoms with van der Waals surface area (Å²) in [5, 5.41) is 0.750. The van der Waals surface area contributed by atoms with Crippen LogP contribution >= 0.6 is 23.4 Å². The van der Waals surface area contributed by atoms with Gasteiger partial charge in [0.25, 0.3) is 0 Å². The molecule has 0 spiro atoms.